The molecule has 0 spiro atoms. The summed E-state index contributed by atoms with van der Waals surface area (Å²) in [5.41, 5.74) is 0.912. The highest BCUT2D eigenvalue weighted by molar-refractivity contribution is 5.79. The number of nitrogens with zero attached hydrogens (tertiary/aromatic N) is 4. The number of carbonyl (C=O) groups is 1. The van der Waals surface area contributed by atoms with E-state index in [0.29, 0.717) is 50.6 Å². The topological polar surface area (TPSA) is 99.7 Å². The number of nitro benzene ring substituents is 1. The molecule has 0 saturated carbocycles. The second-order valence-corrected chi connectivity index (χ2v) is 6.27. The van der Waals surface area contributed by atoms with Gasteiger partial charge in [0.2, 0.25) is 5.91 Å². The fourth-order valence-corrected chi connectivity index (χ4v) is 3.41. The average Bonchev–Trinajstić information content (AvgIpc) is 2.67. The maximum atomic E-state index is 12.6. The number of morpholine rings is 1. The Morgan fingerprint density at radius 3 is 2.52 bits per heavy atom. The van der Waals surface area contributed by atoms with Crippen LogP contribution in [0.2, 0.25) is 0 Å². The maximum absolute atomic E-state index is 12.6. The molecular formula is C17H20N4O4. The summed E-state index contributed by atoms with van der Waals surface area (Å²) in [6, 6.07) is 6.39. The number of benzene rings is 1. The molecule has 2 aliphatic rings. The number of non-ortho nitro benzene ring substituents is 1. The van der Waals surface area contributed by atoms with Crippen LogP contribution in [-0.4, -0.2) is 55.1 Å². The molecular weight excluding hydrogens is 324 g/mol. The van der Waals surface area contributed by atoms with Crippen molar-refractivity contribution in [3.63, 3.8) is 0 Å². The minimum Gasteiger partial charge on any atom is -0.378 e. The normalized spacial score (nSPS) is 18.7. The number of anilines is 1. The molecule has 2 aliphatic heterocycles. The molecule has 0 aliphatic carbocycles. The fraction of sp³-hybridized carbons (Fsp3) is 0.529. The Bertz CT molecular complexity index is 701. The molecule has 0 atom stereocenters. The van der Waals surface area contributed by atoms with Crippen LogP contribution in [0.4, 0.5) is 11.4 Å². The van der Waals surface area contributed by atoms with Gasteiger partial charge in [-0.3, -0.25) is 14.9 Å². The van der Waals surface area contributed by atoms with E-state index in [4.69, 9.17) is 4.74 Å². The smallest absolute Gasteiger partial charge is 0.270 e. The number of hydrogen-bond donors (Lipinski definition) is 0. The molecule has 1 aromatic rings. The van der Waals surface area contributed by atoms with Crippen LogP contribution in [0.5, 0.6) is 0 Å². The summed E-state index contributed by atoms with van der Waals surface area (Å²) >= 11 is 0. The Morgan fingerprint density at radius 2 is 1.92 bits per heavy atom. The quantitative estimate of drug-likeness (QED) is 0.609. The molecule has 0 radical (unpaired) electrons. The Hall–Kier alpha value is -2.66. The molecule has 25 heavy (non-hydrogen) atoms. The first kappa shape index (κ1) is 17.2. The van der Waals surface area contributed by atoms with Gasteiger partial charge in [-0.05, 0) is 18.9 Å². The predicted octanol–water partition coefficient (Wildman–Crippen LogP) is 1.54. The molecule has 3 rings (SSSR count). The minimum atomic E-state index is -0.502. The van der Waals surface area contributed by atoms with Gasteiger partial charge in [0.15, 0.2) is 0 Å². The Kier molecular flexibility index (Phi) is 5.14. The van der Waals surface area contributed by atoms with Crippen molar-refractivity contribution >= 4 is 17.3 Å². The molecule has 0 N–H and O–H groups in total. The third-order valence-corrected chi connectivity index (χ3v) is 4.82. The zero-order chi connectivity index (χ0) is 17.8. The van der Waals surface area contributed by atoms with Gasteiger partial charge < -0.3 is 14.5 Å². The molecule has 8 nitrogen and oxygen atoms in total. The maximum Gasteiger partial charge on any atom is 0.270 e. The number of amides is 1. The van der Waals surface area contributed by atoms with Crippen LogP contribution in [0, 0.1) is 27.4 Å². The largest absolute Gasteiger partial charge is 0.378 e. The monoisotopic (exact) mass is 344 g/mol. The number of hydrogen-bond acceptors (Lipinski definition) is 6. The molecule has 132 valence electrons. The van der Waals surface area contributed by atoms with Crippen molar-refractivity contribution in [3.05, 3.63) is 33.9 Å². The van der Waals surface area contributed by atoms with Crippen LogP contribution in [0.3, 0.4) is 0 Å². The van der Waals surface area contributed by atoms with Gasteiger partial charge >= 0.3 is 0 Å². The number of piperidine rings is 1. The van der Waals surface area contributed by atoms with Gasteiger partial charge in [0.05, 0.1) is 29.4 Å². The second kappa shape index (κ2) is 7.49. The number of rotatable bonds is 3. The van der Waals surface area contributed by atoms with Gasteiger partial charge in [0.1, 0.15) is 6.07 Å². The Morgan fingerprint density at radius 1 is 1.24 bits per heavy atom. The van der Waals surface area contributed by atoms with E-state index in [1.807, 2.05) is 15.9 Å². The number of carbonyl (C=O) groups excluding carboxylic acids is 1. The number of ether oxygens (including phenoxy) is 1. The van der Waals surface area contributed by atoms with Gasteiger partial charge in [0.25, 0.3) is 5.69 Å². The van der Waals surface area contributed by atoms with Crippen molar-refractivity contribution in [1.82, 2.24) is 4.90 Å². The summed E-state index contributed by atoms with van der Waals surface area (Å²) in [4.78, 5) is 26.8. The van der Waals surface area contributed by atoms with E-state index in [1.54, 1.807) is 6.07 Å². The molecule has 1 amide bonds. The third kappa shape index (κ3) is 3.72. The van der Waals surface area contributed by atoms with E-state index >= 15 is 0 Å². The Labute approximate surface area is 145 Å². The highest BCUT2D eigenvalue weighted by Gasteiger charge is 2.30. The lowest BCUT2D eigenvalue weighted by Gasteiger charge is -2.36. The van der Waals surface area contributed by atoms with E-state index in [0.717, 1.165) is 12.8 Å². The molecule has 2 fully saturated rings. The van der Waals surface area contributed by atoms with Gasteiger partial charge in [-0.15, -0.1) is 0 Å². The average molecular weight is 344 g/mol. The van der Waals surface area contributed by atoms with Crippen molar-refractivity contribution in [1.29, 1.82) is 5.26 Å². The van der Waals surface area contributed by atoms with E-state index in [2.05, 4.69) is 0 Å². The molecule has 0 unspecified atom stereocenters. The Balaban J connectivity index is 1.65. The highest BCUT2D eigenvalue weighted by Crippen LogP contribution is 2.29. The standard InChI is InChI=1S/C17H20N4O4/c18-12-14-11-15(21(23)24)1-2-16(14)19-5-3-13(4-6-19)17(22)20-7-9-25-10-8-20/h1-2,11,13H,3-10H2. The molecule has 8 heteroatoms. The number of nitriles is 1. The summed E-state index contributed by atoms with van der Waals surface area (Å²) in [6.07, 6.45) is 1.44. The van der Waals surface area contributed by atoms with Crippen LogP contribution in [0.15, 0.2) is 18.2 Å². The lowest BCUT2D eigenvalue weighted by Crippen LogP contribution is -2.46. The minimum absolute atomic E-state index is 0.00191. The first-order valence-electron chi connectivity index (χ1n) is 8.40. The van der Waals surface area contributed by atoms with Crippen LogP contribution < -0.4 is 4.90 Å². The van der Waals surface area contributed by atoms with E-state index in [1.165, 1.54) is 12.1 Å². The van der Waals surface area contributed by atoms with Gasteiger partial charge in [-0.2, -0.15) is 5.26 Å². The zero-order valence-corrected chi connectivity index (χ0v) is 13.9. The van der Waals surface area contributed by atoms with Crippen LogP contribution in [0.1, 0.15) is 18.4 Å². The fourth-order valence-electron chi connectivity index (χ4n) is 3.41. The molecule has 2 heterocycles. The van der Waals surface area contributed by atoms with Gasteiger partial charge in [-0.25, -0.2) is 0 Å². The summed E-state index contributed by atoms with van der Waals surface area (Å²) in [6.45, 7) is 3.82. The summed E-state index contributed by atoms with van der Waals surface area (Å²) in [7, 11) is 0. The van der Waals surface area contributed by atoms with Crippen LogP contribution in [0.25, 0.3) is 0 Å². The summed E-state index contributed by atoms with van der Waals surface area (Å²) < 4.78 is 5.28. The van der Waals surface area contributed by atoms with E-state index in [-0.39, 0.29) is 17.5 Å². The zero-order valence-electron chi connectivity index (χ0n) is 13.9. The molecule has 0 aromatic heterocycles. The predicted molar refractivity (Wildman–Crippen MR) is 90.1 cm³/mol. The van der Waals surface area contributed by atoms with Crippen molar-refractivity contribution in [3.8, 4) is 6.07 Å². The third-order valence-electron chi connectivity index (χ3n) is 4.82. The first-order valence-corrected chi connectivity index (χ1v) is 8.40. The molecule has 1 aromatic carbocycles. The summed E-state index contributed by atoms with van der Waals surface area (Å²) in [5, 5.41) is 20.2. The first-order chi connectivity index (χ1) is 12.1. The van der Waals surface area contributed by atoms with Gasteiger partial charge in [-0.1, -0.05) is 0 Å². The molecule has 2 saturated heterocycles. The van der Waals surface area contributed by atoms with E-state index in [9.17, 15) is 20.2 Å². The van der Waals surface area contributed by atoms with Crippen molar-refractivity contribution in [2.24, 2.45) is 5.92 Å². The van der Waals surface area contributed by atoms with Crippen LogP contribution >= 0.6 is 0 Å². The lowest BCUT2D eigenvalue weighted by molar-refractivity contribution is -0.384. The summed E-state index contributed by atoms with van der Waals surface area (Å²) in [5.74, 6) is 0.185. The van der Waals surface area contributed by atoms with Crippen molar-refractivity contribution in [2.45, 2.75) is 12.8 Å². The SMILES string of the molecule is N#Cc1cc([N+](=O)[O-])ccc1N1CCC(C(=O)N2CCOCC2)CC1. The van der Waals surface area contributed by atoms with E-state index < -0.39 is 4.92 Å². The van der Waals surface area contributed by atoms with Crippen LogP contribution in [-0.2, 0) is 9.53 Å². The highest BCUT2D eigenvalue weighted by atomic mass is 16.6. The van der Waals surface area contributed by atoms with Crippen molar-refractivity contribution < 1.29 is 14.5 Å². The van der Waals surface area contributed by atoms with Gasteiger partial charge in [0, 0.05) is 44.2 Å². The second-order valence-electron chi connectivity index (χ2n) is 6.27. The van der Waals surface area contributed by atoms with Crippen molar-refractivity contribution in [2.75, 3.05) is 44.3 Å². The number of nitro groups is 1. The molecule has 0 bridgehead atoms. The lowest BCUT2D eigenvalue weighted by atomic mass is 9.94.